The maximum Gasteiger partial charge on any atom is 0.123 e. The number of nitrogens with two attached hydrogens (primary N) is 2. The maximum absolute atomic E-state index is 12.5. The van der Waals surface area contributed by atoms with Crippen molar-refractivity contribution < 1.29 is 4.39 Å². The van der Waals surface area contributed by atoms with Gasteiger partial charge in [0.1, 0.15) is 5.82 Å². The van der Waals surface area contributed by atoms with E-state index in [1.165, 1.54) is 12.1 Å². The van der Waals surface area contributed by atoms with Gasteiger partial charge in [-0.05, 0) is 31.0 Å². The normalized spacial score (nSPS) is 15.4. The second-order valence-corrected chi connectivity index (χ2v) is 3.37. The van der Waals surface area contributed by atoms with Crippen LogP contribution in [0.1, 0.15) is 24.9 Å². The summed E-state index contributed by atoms with van der Waals surface area (Å²) in [7, 11) is 0. The fraction of sp³-hybridized carbons (Fsp3) is 0.400. The predicted octanol–water partition coefficient (Wildman–Crippen LogP) is 1.56. The zero-order valence-electron chi connectivity index (χ0n) is 7.70. The van der Waals surface area contributed by atoms with Crippen LogP contribution in [0.2, 0.25) is 0 Å². The van der Waals surface area contributed by atoms with Gasteiger partial charge in [0, 0.05) is 12.1 Å². The van der Waals surface area contributed by atoms with Crippen molar-refractivity contribution >= 4 is 0 Å². The molecule has 4 N–H and O–H groups in total. The molecule has 0 spiro atoms. The molecule has 0 aromatic heterocycles. The summed E-state index contributed by atoms with van der Waals surface area (Å²) < 4.78 is 12.5. The zero-order chi connectivity index (χ0) is 9.84. The van der Waals surface area contributed by atoms with Crippen LogP contribution in [0.4, 0.5) is 4.39 Å². The quantitative estimate of drug-likeness (QED) is 0.745. The standard InChI is InChI=1S/C10H15FN2/c1-7(12)6-10(13)8-2-4-9(11)5-3-8/h2-5,7,10H,6,12-13H2,1H3. The third kappa shape index (κ3) is 3.13. The molecule has 0 radical (unpaired) electrons. The molecule has 1 rings (SSSR count). The van der Waals surface area contributed by atoms with Crippen molar-refractivity contribution in [2.75, 3.05) is 0 Å². The molecular weight excluding hydrogens is 167 g/mol. The van der Waals surface area contributed by atoms with Gasteiger partial charge in [0.2, 0.25) is 0 Å². The van der Waals surface area contributed by atoms with E-state index in [0.717, 1.165) is 5.56 Å². The van der Waals surface area contributed by atoms with Crippen molar-refractivity contribution in [3.05, 3.63) is 35.6 Å². The van der Waals surface area contributed by atoms with E-state index >= 15 is 0 Å². The summed E-state index contributed by atoms with van der Waals surface area (Å²) in [5.41, 5.74) is 12.4. The summed E-state index contributed by atoms with van der Waals surface area (Å²) in [4.78, 5) is 0. The van der Waals surface area contributed by atoms with Crippen molar-refractivity contribution in [1.82, 2.24) is 0 Å². The molecule has 72 valence electrons. The molecule has 0 fully saturated rings. The third-order valence-corrected chi connectivity index (χ3v) is 1.92. The van der Waals surface area contributed by atoms with E-state index < -0.39 is 0 Å². The number of hydrogen-bond donors (Lipinski definition) is 2. The summed E-state index contributed by atoms with van der Waals surface area (Å²) in [5, 5.41) is 0. The van der Waals surface area contributed by atoms with Crippen molar-refractivity contribution in [1.29, 1.82) is 0 Å². The molecule has 3 heteroatoms. The molecule has 0 aliphatic heterocycles. The molecule has 13 heavy (non-hydrogen) atoms. The zero-order valence-corrected chi connectivity index (χ0v) is 7.70. The molecule has 0 amide bonds. The monoisotopic (exact) mass is 182 g/mol. The van der Waals surface area contributed by atoms with Crippen LogP contribution in [0.3, 0.4) is 0 Å². The van der Waals surface area contributed by atoms with Crippen molar-refractivity contribution in [3.8, 4) is 0 Å². The molecular formula is C10H15FN2. The lowest BCUT2D eigenvalue weighted by Crippen LogP contribution is -2.23. The van der Waals surface area contributed by atoms with Crippen LogP contribution in [0.15, 0.2) is 24.3 Å². The fourth-order valence-electron chi connectivity index (χ4n) is 1.25. The lowest BCUT2D eigenvalue weighted by atomic mass is 10.0. The van der Waals surface area contributed by atoms with Crippen molar-refractivity contribution in [3.63, 3.8) is 0 Å². The van der Waals surface area contributed by atoms with E-state index in [-0.39, 0.29) is 17.9 Å². The van der Waals surface area contributed by atoms with Gasteiger partial charge in [0.15, 0.2) is 0 Å². The van der Waals surface area contributed by atoms with Gasteiger partial charge in [0.05, 0.1) is 0 Å². The average molecular weight is 182 g/mol. The predicted molar refractivity (Wildman–Crippen MR) is 51.6 cm³/mol. The number of halogens is 1. The number of rotatable bonds is 3. The summed E-state index contributed by atoms with van der Waals surface area (Å²) in [6, 6.07) is 6.19. The van der Waals surface area contributed by atoms with Crippen molar-refractivity contribution in [2.45, 2.75) is 25.4 Å². The van der Waals surface area contributed by atoms with E-state index in [1.807, 2.05) is 6.92 Å². The van der Waals surface area contributed by atoms with E-state index in [0.29, 0.717) is 6.42 Å². The third-order valence-electron chi connectivity index (χ3n) is 1.92. The number of benzene rings is 1. The van der Waals surface area contributed by atoms with Crippen LogP contribution in [0.5, 0.6) is 0 Å². The summed E-state index contributed by atoms with van der Waals surface area (Å²) >= 11 is 0. The Morgan fingerprint density at radius 1 is 1.23 bits per heavy atom. The van der Waals surface area contributed by atoms with Crippen molar-refractivity contribution in [2.24, 2.45) is 11.5 Å². The van der Waals surface area contributed by atoms with Gasteiger partial charge in [0.25, 0.3) is 0 Å². The highest BCUT2D eigenvalue weighted by Gasteiger charge is 2.07. The molecule has 1 aromatic carbocycles. The highest BCUT2D eigenvalue weighted by atomic mass is 19.1. The summed E-state index contributed by atoms with van der Waals surface area (Å²) in [6.07, 6.45) is 0.714. The summed E-state index contributed by atoms with van der Waals surface area (Å²) in [6.45, 7) is 1.91. The Bertz CT molecular complexity index is 256. The molecule has 0 bridgehead atoms. The Kier molecular flexibility index (Phi) is 3.39. The van der Waals surface area contributed by atoms with Crippen LogP contribution < -0.4 is 11.5 Å². The maximum atomic E-state index is 12.5. The second-order valence-electron chi connectivity index (χ2n) is 3.37. The Hall–Kier alpha value is -0.930. The SMILES string of the molecule is CC(N)CC(N)c1ccc(F)cc1. The first-order valence-corrected chi connectivity index (χ1v) is 4.36. The second kappa shape index (κ2) is 4.35. The smallest absolute Gasteiger partial charge is 0.123 e. The molecule has 2 atom stereocenters. The molecule has 0 aliphatic rings. The molecule has 0 aliphatic carbocycles. The van der Waals surface area contributed by atoms with E-state index in [1.54, 1.807) is 12.1 Å². The van der Waals surface area contributed by atoms with E-state index in [4.69, 9.17) is 11.5 Å². The Morgan fingerprint density at radius 3 is 2.23 bits per heavy atom. The van der Waals surface area contributed by atoms with Gasteiger partial charge in [-0.15, -0.1) is 0 Å². The molecule has 0 saturated carbocycles. The molecule has 2 nitrogen and oxygen atoms in total. The van der Waals surface area contributed by atoms with Gasteiger partial charge in [-0.1, -0.05) is 12.1 Å². The van der Waals surface area contributed by atoms with Crippen LogP contribution >= 0.6 is 0 Å². The van der Waals surface area contributed by atoms with Crippen LogP contribution in [-0.2, 0) is 0 Å². The average Bonchev–Trinajstić information content (AvgIpc) is 2.04. The highest BCUT2D eigenvalue weighted by molar-refractivity contribution is 5.19. The molecule has 0 heterocycles. The van der Waals surface area contributed by atoms with Gasteiger partial charge >= 0.3 is 0 Å². The van der Waals surface area contributed by atoms with E-state index in [2.05, 4.69) is 0 Å². The van der Waals surface area contributed by atoms with E-state index in [9.17, 15) is 4.39 Å². The minimum Gasteiger partial charge on any atom is -0.328 e. The van der Waals surface area contributed by atoms with Gasteiger partial charge in [-0.2, -0.15) is 0 Å². The molecule has 2 unspecified atom stereocenters. The first-order valence-electron chi connectivity index (χ1n) is 4.36. The molecule has 0 saturated heterocycles. The largest absolute Gasteiger partial charge is 0.328 e. The highest BCUT2D eigenvalue weighted by Crippen LogP contribution is 2.15. The van der Waals surface area contributed by atoms with Crippen LogP contribution in [-0.4, -0.2) is 6.04 Å². The minimum atomic E-state index is -0.239. The van der Waals surface area contributed by atoms with Crippen LogP contribution in [0.25, 0.3) is 0 Å². The minimum absolute atomic E-state index is 0.0695. The topological polar surface area (TPSA) is 52.0 Å². The van der Waals surface area contributed by atoms with Gasteiger partial charge in [-0.25, -0.2) is 4.39 Å². The number of hydrogen-bond acceptors (Lipinski definition) is 2. The first kappa shape index (κ1) is 10.2. The molecule has 1 aromatic rings. The summed E-state index contributed by atoms with van der Waals surface area (Å²) in [5.74, 6) is -0.239. The first-order chi connectivity index (χ1) is 6.09. The van der Waals surface area contributed by atoms with Crippen LogP contribution in [0, 0.1) is 5.82 Å². The fourth-order valence-corrected chi connectivity index (χ4v) is 1.25. The Morgan fingerprint density at radius 2 is 1.77 bits per heavy atom. The Labute approximate surface area is 77.7 Å². The lowest BCUT2D eigenvalue weighted by molar-refractivity contribution is 0.566. The lowest BCUT2D eigenvalue weighted by Gasteiger charge is -2.13. The van der Waals surface area contributed by atoms with Gasteiger partial charge in [-0.3, -0.25) is 0 Å². The van der Waals surface area contributed by atoms with Gasteiger partial charge < -0.3 is 11.5 Å². The Balaban J connectivity index is 2.66.